The van der Waals surface area contributed by atoms with Crippen LogP contribution in [-0.2, 0) is 24.9 Å². The first-order valence-corrected chi connectivity index (χ1v) is 8.78. The van der Waals surface area contributed by atoms with Crippen molar-refractivity contribution in [1.82, 2.24) is 16.0 Å². The number of carboxylic acid groups (broad SMARTS) is 1. The molecule has 0 heterocycles. The lowest BCUT2D eigenvalue weighted by Gasteiger charge is -2.07. The molecule has 3 amide bonds. The minimum atomic E-state index is -1.18. The molecule has 0 unspecified atom stereocenters. The van der Waals surface area contributed by atoms with E-state index in [1.807, 2.05) is 24.3 Å². The summed E-state index contributed by atoms with van der Waals surface area (Å²) >= 11 is 1.40. The maximum absolute atomic E-state index is 11.7. The molecule has 1 rings (SSSR count). The molecule has 26 heavy (non-hydrogen) atoms. The predicted octanol–water partition coefficient (Wildman–Crippen LogP) is -0.638. The summed E-state index contributed by atoms with van der Waals surface area (Å²) < 4.78 is 5.06. The van der Waals surface area contributed by atoms with Crippen LogP contribution in [0.15, 0.2) is 24.3 Å². The second kappa shape index (κ2) is 11.7. The highest BCUT2D eigenvalue weighted by Gasteiger charge is 2.08. The summed E-state index contributed by atoms with van der Waals surface area (Å²) in [6.07, 6.45) is 0. The molecule has 4 N–H and O–H groups in total. The third kappa shape index (κ3) is 9.52. The number of hydrogen-bond donors (Lipinski definition) is 4. The SMILES string of the molecule is COc1ccc(CSCC(=O)NCC(=O)NCC(=O)NCC(=O)O)cc1. The number of rotatable bonds is 11. The van der Waals surface area contributed by atoms with Gasteiger partial charge >= 0.3 is 5.97 Å². The average molecular weight is 383 g/mol. The molecule has 0 atom stereocenters. The molecule has 0 saturated heterocycles. The molecule has 0 aromatic heterocycles. The lowest BCUT2D eigenvalue weighted by molar-refractivity contribution is -0.137. The van der Waals surface area contributed by atoms with Crippen LogP contribution in [0.1, 0.15) is 5.56 Å². The number of benzene rings is 1. The van der Waals surface area contributed by atoms with Crippen LogP contribution in [0.25, 0.3) is 0 Å². The Bertz CT molecular complexity index is 635. The van der Waals surface area contributed by atoms with Gasteiger partial charge in [0.1, 0.15) is 12.3 Å². The van der Waals surface area contributed by atoms with Gasteiger partial charge in [-0.15, -0.1) is 11.8 Å². The van der Waals surface area contributed by atoms with Gasteiger partial charge in [0.25, 0.3) is 0 Å². The molecule has 1 aromatic carbocycles. The number of carboxylic acids is 1. The van der Waals surface area contributed by atoms with Crippen LogP contribution in [0.5, 0.6) is 5.75 Å². The van der Waals surface area contributed by atoms with Gasteiger partial charge < -0.3 is 25.8 Å². The van der Waals surface area contributed by atoms with E-state index in [1.165, 1.54) is 11.8 Å². The van der Waals surface area contributed by atoms with Gasteiger partial charge in [0, 0.05) is 5.75 Å². The first kappa shape index (κ1) is 21.3. The zero-order chi connectivity index (χ0) is 19.4. The molecular weight excluding hydrogens is 362 g/mol. The Hall–Kier alpha value is -2.75. The van der Waals surface area contributed by atoms with Crippen LogP contribution in [0.3, 0.4) is 0 Å². The highest BCUT2D eigenvalue weighted by atomic mass is 32.2. The highest BCUT2D eigenvalue weighted by Crippen LogP contribution is 2.16. The lowest BCUT2D eigenvalue weighted by atomic mass is 10.2. The Balaban J connectivity index is 2.13. The standard InChI is InChI=1S/C16H21N3O6S/c1-25-12-4-2-11(3-5-12)9-26-10-15(22)18-7-13(20)17-6-14(21)19-8-16(23)24/h2-5H,6-10H2,1H3,(H,17,20)(H,18,22)(H,19,21)(H,23,24). The summed E-state index contributed by atoms with van der Waals surface area (Å²) in [7, 11) is 1.59. The van der Waals surface area contributed by atoms with E-state index >= 15 is 0 Å². The van der Waals surface area contributed by atoms with Gasteiger partial charge in [0.05, 0.1) is 26.0 Å². The molecule has 0 aliphatic rings. The van der Waals surface area contributed by atoms with Crippen molar-refractivity contribution in [3.8, 4) is 5.75 Å². The van der Waals surface area contributed by atoms with Crippen molar-refractivity contribution in [1.29, 1.82) is 0 Å². The van der Waals surface area contributed by atoms with Crippen molar-refractivity contribution in [3.05, 3.63) is 29.8 Å². The largest absolute Gasteiger partial charge is 0.497 e. The first-order chi connectivity index (χ1) is 12.4. The van der Waals surface area contributed by atoms with Crippen molar-refractivity contribution >= 4 is 35.5 Å². The van der Waals surface area contributed by atoms with E-state index in [2.05, 4.69) is 16.0 Å². The molecule has 0 saturated carbocycles. The fraction of sp³-hybridized carbons (Fsp3) is 0.375. The molecule has 0 aliphatic heterocycles. The molecule has 9 nitrogen and oxygen atoms in total. The van der Waals surface area contributed by atoms with E-state index in [0.29, 0.717) is 5.75 Å². The zero-order valence-electron chi connectivity index (χ0n) is 14.2. The van der Waals surface area contributed by atoms with Crippen LogP contribution in [0.4, 0.5) is 0 Å². The van der Waals surface area contributed by atoms with Crippen molar-refractivity contribution in [2.75, 3.05) is 32.5 Å². The van der Waals surface area contributed by atoms with Crippen molar-refractivity contribution in [3.63, 3.8) is 0 Å². The van der Waals surface area contributed by atoms with E-state index in [4.69, 9.17) is 9.84 Å². The number of carbonyl (C=O) groups excluding carboxylic acids is 3. The van der Waals surface area contributed by atoms with E-state index in [9.17, 15) is 19.2 Å². The second-order valence-electron chi connectivity index (χ2n) is 5.06. The summed E-state index contributed by atoms with van der Waals surface area (Å²) in [5.41, 5.74) is 1.05. The van der Waals surface area contributed by atoms with Gasteiger partial charge in [-0.2, -0.15) is 0 Å². The third-order valence-corrected chi connectivity index (χ3v) is 3.99. The molecule has 0 spiro atoms. The minimum Gasteiger partial charge on any atom is -0.497 e. The van der Waals surface area contributed by atoms with Gasteiger partial charge in [-0.05, 0) is 17.7 Å². The summed E-state index contributed by atoms with van der Waals surface area (Å²) in [5, 5.41) is 15.2. The lowest BCUT2D eigenvalue weighted by Crippen LogP contribution is -2.43. The number of amides is 3. The molecule has 0 aliphatic carbocycles. The Labute approximate surface area is 154 Å². The highest BCUT2D eigenvalue weighted by molar-refractivity contribution is 7.99. The van der Waals surface area contributed by atoms with E-state index < -0.39 is 24.3 Å². The van der Waals surface area contributed by atoms with Crippen molar-refractivity contribution in [2.24, 2.45) is 0 Å². The number of nitrogens with one attached hydrogen (secondary N) is 3. The van der Waals surface area contributed by atoms with Gasteiger partial charge in [-0.3, -0.25) is 19.2 Å². The summed E-state index contributed by atoms with van der Waals surface area (Å²) in [5.74, 6) is -1.03. The van der Waals surface area contributed by atoms with E-state index in [1.54, 1.807) is 7.11 Å². The molecule has 0 radical (unpaired) electrons. The fourth-order valence-corrected chi connectivity index (χ4v) is 2.51. The normalized spacial score (nSPS) is 9.88. The number of thioether (sulfide) groups is 1. The van der Waals surface area contributed by atoms with Crippen LogP contribution >= 0.6 is 11.8 Å². The third-order valence-electron chi connectivity index (χ3n) is 2.99. The van der Waals surface area contributed by atoms with Crippen LogP contribution in [0, 0.1) is 0 Å². The molecule has 10 heteroatoms. The molecule has 1 aromatic rings. The monoisotopic (exact) mass is 383 g/mol. The second-order valence-corrected chi connectivity index (χ2v) is 6.05. The number of ether oxygens (including phenoxy) is 1. The van der Waals surface area contributed by atoms with Gasteiger partial charge in [0.15, 0.2) is 0 Å². The van der Waals surface area contributed by atoms with Gasteiger partial charge in [0.2, 0.25) is 17.7 Å². The number of carbonyl (C=O) groups is 4. The van der Waals surface area contributed by atoms with Crippen LogP contribution < -0.4 is 20.7 Å². The van der Waals surface area contributed by atoms with Crippen molar-refractivity contribution < 1.29 is 29.0 Å². The Morgan fingerprint density at radius 1 is 0.923 bits per heavy atom. The Kier molecular flexibility index (Phi) is 9.62. The Morgan fingerprint density at radius 3 is 2.00 bits per heavy atom. The van der Waals surface area contributed by atoms with E-state index in [0.717, 1.165) is 11.3 Å². The van der Waals surface area contributed by atoms with Crippen LogP contribution in [-0.4, -0.2) is 61.3 Å². The number of hydrogen-bond acceptors (Lipinski definition) is 6. The first-order valence-electron chi connectivity index (χ1n) is 7.63. The summed E-state index contributed by atoms with van der Waals surface area (Å²) in [6, 6.07) is 7.50. The van der Waals surface area contributed by atoms with E-state index in [-0.39, 0.29) is 24.7 Å². The summed E-state index contributed by atoms with van der Waals surface area (Å²) in [4.78, 5) is 44.7. The maximum Gasteiger partial charge on any atom is 0.322 e. The maximum atomic E-state index is 11.7. The summed E-state index contributed by atoms with van der Waals surface area (Å²) in [6.45, 7) is -1.13. The quantitative estimate of drug-likeness (QED) is 0.399. The topological polar surface area (TPSA) is 134 Å². The molecule has 0 bridgehead atoms. The van der Waals surface area contributed by atoms with Crippen molar-refractivity contribution in [2.45, 2.75) is 5.75 Å². The average Bonchev–Trinajstić information content (AvgIpc) is 2.63. The minimum absolute atomic E-state index is 0.193. The van der Waals surface area contributed by atoms with Gasteiger partial charge in [-0.1, -0.05) is 12.1 Å². The Morgan fingerprint density at radius 2 is 1.46 bits per heavy atom. The molecular formula is C16H21N3O6S. The van der Waals surface area contributed by atoms with Crippen LogP contribution in [0.2, 0.25) is 0 Å². The smallest absolute Gasteiger partial charge is 0.322 e. The number of aliphatic carboxylic acids is 1. The zero-order valence-corrected chi connectivity index (χ0v) is 15.1. The molecule has 0 fully saturated rings. The number of methoxy groups -OCH3 is 1. The molecule has 142 valence electrons. The predicted molar refractivity (Wildman–Crippen MR) is 95.8 cm³/mol. The van der Waals surface area contributed by atoms with Gasteiger partial charge in [-0.25, -0.2) is 0 Å². The fourth-order valence-electron chi connectivity index (χ4n) is 1.69.